The SMILES string of the molecule is Cc1c(N2C(=O)[C@@H]3C4C[C@H](CN4C(=O)C(F)(F)F)N3C2=O)ccc(C#N)c1Cl. The number of hydrogen-bond acceptors (Lipinski definition) is 4. The van der Waals surface area contributed by atoms with Crippen LogP contribution in [0.1, 0.15) is 17.5 Å². The molecule has 0 spiro atoms. The van der Waals surface area contributed by atoms with Gasteiger partial charge in [-0.25, -0.2) is 9.69 Å². The van der Waals surface area contributed by atoms with Crippen molar-refractivity contribution in [1.29, 1.82) is 5.26 Å². The Kier molecular flexibility index (Phi) is 3.88. The van der Waals surface area contributed by atoms with Crippen LogP contribution >= 0.6 is 11.6 Å². The van der Waals surface area contributed by atoms with Gasteiger partial charge in [0.2, 0.25) is 0 Å². The molecule has 4 rings (SSSR count). The Morgan fingerprint density at radius 3 is 2.61 bits per heavy atom. The lowest BCUT2D eigenvalue weighted by molar-refractivity contribution is -0.188. The molecule has 28 heavy (non-hydrogen) atoms. The van der Waals surface area contributed by atoms with Gasteiger partial charge in [-0.1, -0.05) is 11.6 Å². The van der Waals surface area contributed by atoms with E-state index >= 15 is 0 Å². The van der Waals surface area contributed by atoms with Gasteiger partial charge in [-0.05, 0) is 31.0 Å². The maximum Gasteiger partial charge on any atom is 0.471 e. The Bertz CT molecular complexity index is 974. The molecule has 0 aliphatic carbocycles. The van der Waals surface area contributed by atoms with Crippen LogP contribution in [0, 0.1) is 18.3 Å². The van der Waals surface area contributed by atoms with Crippen molar-refractivity contribution in [3.05, 3.63) is 28.3 Å². The number of amides is 4. The lowest BCUT2D eigenvalue weighted by Gasteiger charge is -2.35. The number of piperazine rings is 1. The lowest BCUT2D eigenvalue weighted by Crippen LogP contribution is -2.57. The summed E-state index contributed by atoms with van der Waals surface area (Å²) in [4.78, 5) is 40.3. The number of nitriles is 1. The zero-order valence-corrected chi connectivity index (χ0v) is 15.1. The van der Waals surface area contributed by atoms with Gasteiger partial charge in [-0.3, -0.25) is 9.59 Å². The van der Waals surface area contributed by atoms with Crippen LogP contribution in [0.2, 0.25) is 5.02 Å². The number of carbonyl (C=O) groups is 3. The molecule has 0 saturated carbocycles. The number of imide groups is 1. The van der Waals surface area contributed by atoms with Gasteiger partial charge < -0.3 is 9.80 Å². The molecule has 7 nitrogen and oxygen atoms in total. The molecule has 3 atom stereocenters. The van der Waals surface area contributed by atoms with Crippen molar-refractivity contribution >= 4 is 35.1 Å². The second-order valence-electron chi connectivity index (χ2n) is 6.90. The number of carbonyl (C=O) groups excluding carboxylic acids is 3. The van der Waals surface area contributed by atoms with Crippen LogP contribution in [-0.4, -0.2) is 58.5 Å². The number of hydrogen-bond donors (Lipinski definition) is 0. The summed E-state index contributed by atoms with van der Waals surface area (Å²) < 4.78 is 38.5. The maximum atomic E-state index is 13.0. The summed E-state index contributed by atoms with van der Waals surface area (Å²) in [5.41, 5.74) is 0.671. The number of alkyl halides is 3. The summed E-state index contributed by atoms with van der Waals surface area (Å²) in [6.07, 6.45) is -4.91. The van der Waals surface area contributed by atoms with Crippen LogP contribution < -0.4 is 4.90 Å². The van der Waals surface area contributed by atoms with Gasteiger partial charge in [0.05, 0.1) is 28.4 Å². The highest BCUT2D eigenvalue weighted by Crippen LogP contribution is 2.44. The fourth-order valence-corrected chi connectivity index (χ4v) is 4.48. The molecule has 3 heterocycles. The van der Waals surface area contributed by atoms with Crippen molar-refractivity contribution in [2.24, 2.45) is 0 Å². The Hall–Kier alpha value is -2.80. The summed E-state index contributed by atoms with van der Waals surface area (Å²) in [5, 5.41) is 9.13. The van der Waals surface area contributed by atoms with Crippen LogP contribution in [0.25, 0.3) is 0 Å². The molecule has 3 aliphatic heterocycles. The van der Waals surface area contributed by atoms with Crippen molar-refractivity contribution < 1.29 is 27.6 Å². The van der Waals surface area contributed by atoms with Crippen molar-refractivity contribution in [3.8, 4) is 6.07 Å². The van der Waals surface area contributed by atoms with E-state index in [9.17, 15) is 27.6 Å². The van der Waals surface area contributed by atoms with E-state index in [2.05, 4.69) is 0 Å². The first kappa shape index (κ1) is 18.6. The quantitative estimate of drug-likeness (QED) is 0.662. The number of urea groups is 1. The molecule has 11 heteroatoms. The molecule has 3 fully saturated rings. The molecule has 0 aromatic heterocycles. The second-order valence-corrected chi connectivity index (χ2v) is 7.28. The van der Waals surface area contributed by atoms with E-state index in [1.165, 1.54) is 24.0 Å². The highest BCUT2D eigenvalue weighted by atomic mass is 35.5. The molecule has 0 N–H and O–H groups in total. The Morgan fingerprint density at radius 2 is 2.00 bits per heavy atom. The molecule has 3 saturated heterocycles. The minimum absolute atomic E-state index is 0.0875. The molecule has 1 aromatic carbocycles. The molecule has 2 bridgehead atoms. The smallest absolute Gasteiger partial charge is 0.327 e. The fraction of sp³-hybridized carbons (Fsp3) is 0.412. The van der Waals surface area contributed by atoms with E-state index in [4.69, 9.17) is 16.9 Å². The number of nitrogens with zero attached hydrogens (tertiary/aromatic N) is 4. The van der Waals surface area contributed by atoms with Gasteiger partial charge in [0.25, 0.3) is 5.91 Å². The third-order valence-corrected chi connectivity index (χ3v) is 5.97. The number of anilines is 1. The van der Waals surface area contributed by atoms with Crippen LogP contribution in [0.15, 0.2) is 12.1 Å². The first-order chi connectivity index (χ1) is 13.1. The number of rotatable bonds is 1. The second kappa shape index (κ2) is 5.85. The van der Waals surface area contributed by atoms with E-state index in [-0.39, 0.29) is 29.2 Å². The van der Waals surface area contributed by atoms with Crippen molar-refractivity contribution in [2.75, 3.05) is 11.4 Å². The topological polar surface area (TPSA) is 84.7 Å². The molecule has 146 valence electrons. The van der Waals surface area contributed by atoms with Crippen molar-refractivity contribution in [3.63, 3.8) is 0 Å². The summed E-state index contributed by atoms with van der Waals surface area (Å²) in [7, 11) is 0. The van der Waals surface area contributed by atoms with E-state index < -0.39 is 42.1 Å². The first-order valence-corrected chi connectivity index (χ1v) is 8.69. The van der Waals surface area contributed by atoms with E-state index in [0.717, 1.165) is 4.90 Å². The van der Waals surface area contributed by atoms with Gasteiger partial charge in [0, 0.05) is 6.54 Å². The molecule has 3 aliphatic rings. The minimum atomic E-state index is -5.04. The zero-order chi connectivity index (χ0) is 20.5. The van der Waals surface area contributed by atoms with Crippen LogP contribution in [-0.2, 0) is 9.59 Å². The number of benzene rings is 1. The molecule has 1 unspecified atom stereocenters. The summed E-state index contributed by atoms with van der Waals surface area (Å²) in [6, 6.07) is 1.16. The standard InChI is InChI=1S/C17H12ClF3N4O3/c1-7-10(3-2-8(5-22)12(7)18)25-14(26)13-11-4-9(24(13)16(25)28)6-23(11)15(27)17(19,20)21/h2-3,9,11,13H,4,6H2,1H3/t9-,11?,13+/m1/s1. The largest absolute Gasteiger partial charge is 0.471 e. The highest BCUT2D eigenvalue weighted by Gasteiger charge is 2.64. The Labute approximate surface area is 161 Å². The highest BCUT2D eigenvalue weighted by molar-refractivity contribution is 6.33. The van der Waals surface area contributed by atoms with Gasteiger partial charge in [-0.2, -0.15) is 18.4 Å². The van der Waals surface area contributed by atoms with Gasteiger partial charge in [0.1, 0.15) is 12.1 Å². The average molecular weight is 413 g/mol. The number of fused-ring (bicyclic) bond motifs is 5. The predicted octanol–water partition coefficient (Wildman–Crippen LogP) is 2.20. The van der Waals surface area contributed by atoms with Crippen molar-refractivity contribution in [2.45, 2.75) is 37.6 Å². The monoisotopic (exact) mass is 412 g/mol. The van der Waals surface area contributed by atoms with Gasteiger partial charge >= 0.3 is 18.1 Å². The minimum Gasteiger partial charge on any atom is -0.327 e. The summed E-state index contributed by atoms with van der Waals surface area (Å²) >= 11 is 6.11. The zero-order valence-electron chi connectivity index (χ0n) is 14.3. The Morgan fingerprint density at radius 1 is 1.32 bits per heavy atom. The molecule has 0 radical (unpaired) electrons. The number of halogens is 4. The molecule has 4 amide bonds. The molecular weight excluding hydrogens is 401 g/mol. The normalized spacial score (nSPS) is 26.1. The average Bonchev–Trinajstić information content (AvgIpc) is 3.28. The van der Waals surface area contributed by atoms with Crippen LogP contribution in [0.3, 0.4) is 0 Å². The number of likely N-dealkylation sites (tertiary alicyclic amines) is 1. The van der Waals surface area contributed by atoms with E-state index in [0.29, 0.717) is 10.5 Å². The summed E-state index contributed by atoms with van der Waals surface area (Å²) in [6.45, 7) is 1.27. The van der Waals surface area contributed by atoms with E-state index in [1.807, 2.05) is 6.07 Å². The third-order valence-electron chi connectivity index (χ3n) is 5.49. The van der Waals surface area contributed by atoms with Crippen LogP contribution in [0.5, 0.6) is 0 Å². The van der Waals surface area contributed by atoms with Crippen molar-refractivity contribution in [1.82, 2.24) is 9.80 Å². The lowest BCUT2D eigenvalue weighted by atomic mass is 10.1. The Balaban J connectivity index is 1.70. The molecule has 1 aromatic rings. The van der Waals surface area contributed by atoms with Gasteiger partial charge in [-0.15, -0.1) is 0 Å². The van der Waals surface area contributed by atoms with Gasteiger partial charge in [0.15, 0.2) is 0 Å². The fourth-order valence-electron chi connectivity index (χ4n) is 4.28. The summed E-state index contributed by atoms with van der Waals surface area (Å²) in [5.74, 6) is -2.71. The maximum absolute atomic E-state index is 13.0. The first-order valence-electron chi connectivity index (χ1n) is 8.31. The van der Waals surface area contributed by atoms with Crippen LogP contribution in [0.4, 0.5) is 23.7 Å². The third kappa shape index (κ3) is 2.32. The predicted molar refractivity (Wildman–Crippen MR) is 89.4 cm³/mol. The molecular formula is C17H12ClF3N4O3. The van der Waals surface area contributed by atoms with E-state index in [1.54, 1.807) is 0 Å².